The summed E-state index contributed by atoms with van der Waals surface area (Å²) in [5.74, 6) is -1.74. The maximum atomic E-state index is 16.5. The van der Waals surface area contributed by atoms with Crippen molar-refractivity contribution in [3.05, 3.63) is 82.6 Å². The van der Waals surface area contributed by atoms with Crippen LogP contribution < -0.4 is 14.2 Å². The van der Waals surface area contributed by atoms with Gasteiger partial charge in [-0.15, -0.1) is 0 Å². The summed E-state index contributed by atoms with van der Waals surface area (Å²) < 4.78 is 90.5. The Hall–Kier alpha value is -3.07. The second-order valence-corrected chi connectivity index (χ2v) is 13.9. The molecule has 0 fully saturated rings. The van der Waals surface area contributed by atoms with Gasteiger partial charge in [0.2, 0.25) is 11.4 Å². The molecule has 2 heterocycles. The van der Waals surface area contributed by atoms with Crippen molar-refractivity contribution in [1.82, 2.24) is 0 Å². The predicted octanol–water partition coefficient (Wildman–Crippen LogP) is 5.22. The summed E-state index contributed by atoms with van der Waals surface area (Å²) in [7, 11) is -8.73. The molecule has 41 heavy (non-hydrogen) atoms. The van der Waals surface area contributed by atoms with Crippen LogP contribution in [-0.2, 0) is 26.8 Å². The fraction of sp³-hybridized carbons (Fsp3) is 0.222. The van der Waals surface area contributed by atoms with E-state index < -0.39 is 37.6 Å². The molecule has 0 atom stereocenters. The van der Waals surface area contributed by atoms with Gasteiger partial charge < -0.3 is 14.2 Å². The standard InChI is InChI=1S/C27H24ClFN2O7S3/c28-20-9-11-24-22(17-20)31(13-5-15-41(35,36)37)27(39-24)25(29)26-30(12-4-14-40(32,33)34)21-16-19(8-10-23(21)38-26)18-6-2-1-3-7-18/h1-3,6-11,16-17H,4-5,12-15H2,(H-,32,33,34,35,36,37). The molecule has 0 amide bonds. The van der Waals surface area contributed by atoms with E-state index in [-0.39, 0.29) is 36.8 Å². The molecule has 1 aliphatic heterocycles. The number of benzene rings is 3. The fourth-order valence-electron chi connectivity index (χ4n) is 4.62. The monoisotopic (exact) mass is 638 g/mol. The smallest absolute Gasteiger partial charge is 0.304 e. The number of hydrogen-bond donors (Lipinski definition) is 1. The van der Waals surface area contributed by atoms with Crippen LogP contribution in [0.2, 0.25) is 5.02 Å². The van der Waals surface area contributed by atoms with Crippen molar-refractivity contribution < 1.29 is 39.6 Å². The van der Waals surface area contributed by atoms with Gasteiger partial charge in [-0.3, -0.25) is 4.55 Å². The first-order valence-corrected chi connectivity index (χ1v) is 16.8. The molecule has 0 radical (unpaired) electrons. The van der Waals surface area contributed by atoms with Crippen LogP contribution in [0.1, 0.15) is 17.8 Å². The molecule has 1 aromatic heterocycles. The van der Waals surface area contributed by atoms with Crippen molar-refractivity contribution in [2.75, 3.05) is 23.0 Å². The summed E-state index contributed by atoms with van der Waals surface area (Å²) in [6.45, 7) is 0.0324. The van der Waals surface area contributed by atoms with Crippen LogP contribution >= 0.6 is 22.9 Å². The number of fused-ring (bicyclic) bond motifs is 2. The van der Waals surface area contributed by atoms with E-state index in [1.54, 1.807) is 28.8 Å². The molecule has 0 saturated heterocycles. The molecule has 0 spiro atoms. The van der Waals surface area contributed by atoms with E-state index in [1.807, 2.05) is 42.5 Å². The van der Waals surface area contributed by atoms with Gasteiger partial charge in [-0.1, -0.05) is 59.3 Å². The Morgan fingerprint density at radius 2 is 1.76 bits per heavy atom. The molecule has 0 aliphatic carbocycles. The van der Waals surface area contributed by atoms with Gasteiger partial charge in [0.05, 0.1) is 21.6 Å². The van der Waals surface area contributed by atoms with Gasteiger partial charge in [0, 0.05) is 29.8 Å². The molecular weight excluding hydrogens is 615 g/mol. The highest BCUT2D eigenvalue weighted by Gasteiger charge is 2.36. The van der Waals surface area contributed by atoms with Crippen molar-refractivity contribution in [2.45, 2.75) is 19.4 Å². The minimum atomic E-state index is -4.48. The molecule has 9 nitrogen and oxygen atoms in total. The first kappa shape index (κ1) is 29.4. The van der Waals surface area contributed by atoms with Gasteiger partial charge in [0.15, 0.2) is 12.3 Å². The summed E-state index contributed by atoms with van der Waals surface area (Å²) in [5, 5.41) is 0.501. The Kier molecular flexibility index (Phi) is 8.37. The molecule has 3 aromatic carbocycles. The molecular formula is C27H24ClFN2O7S3. The molecule has 0 unspecified atom stereocenters. The van der Waals surface area contributed by atoms with Crippen molar-refractivity contribution in [3.63, 3.8) is 0 Å². The summed E-state index contributed by atoms with van der Waals surface area (Å²) in [6.07, 6.45) is -0.0680. The second kappa shape index (κ2) is 11.7. The number of ether oxygens (including phenoxy) is 1. The van der Waals surface area contributed by atoms with Crippen molar-refractivity contribution in [1.29, 1.82) is 0 Å². The van der Waals surface area contributed by atoms with Crippen LogP contribution in [0.3, 0.4) is 0 Å². The highest BCUT2D eigenvalue weighted by atomic mass is 35.5. The molecule has 1 N–H and O–H groups in total. The number of anilines is 1. The van der Waals surface area contributed by atoms with E-state index in [9.17, 15) is 25.9 Å². The molecule has 14 heteroatoms. The predicted molar refractivity (Wildman–Crippen MR) is 155 cm³/mol. The summed E-state index contributed by atoms with van der Waals surface area (Å²) in [5.41, 5.74) is 2.81. The molecule has 0 bridgehead atoms. The summed E-state index contributed by atoms with van der Waals surface area (Å²) >= 11 is 7.29. The normalized spacial score (nSPS) is 14.8. The van der Waals surface area contributed by atoms with Crippen molar-refractivity contribution in [3.8, 4) is 16.9 Å². The SMILES string of the molecule is O=S(=O)([O-])CCC[n+]1c(/C(F)=C2/Oc3ccc(-c4ccccc4)cc3N2CCCS(=O)(=O)O)sc2ccc(Cl)cc21. The first-order valence-electron chi connectivity index (χ1n) is 12.5. The number of nitrogens with zero attached hydrogens (tertiary/aromatic N) is 2. The van der Waals surface area contributed by atoms with Gasteiger partial charge >= 0.3 is 5.01 Å². The lowest BCUT2D eigenvalue weighted by Crippen LogP contribution is -2.37. The lowest BCUT2D eigenvalue weighted by molar-refractivity contribution is -0.669. The van der Waals surface area contributed by atoms with Crippen LogP contribution in [0.5, 0.6) is 5.75 Å². The number of hydrogen-bond acceptors (Lipinski definition) is 8. The minimum Gasteiger partial charge on any atom is -0.748 e. The number of aromatic nitrogens is 1. The maximum Gasteiger partial charge on any atom is 0.304 e. The molecule has 1 aliphatic rings. The van der Waals surface area contributed by atoms with E-state index in [2.05, 4.69) is 0 Å². The number of halogens is 2. The minimum absolute atomic E-state index is 0.0128. The van der Waals surface area contributed by atoms with Crippen LogP contribution in [-0.4, -0.2) is 44.0 Å². The van der Waals surface area contributed by atoms with Gasteiger partial charge in [0.25, 0.3) is 15.9 Å². The molecule has 4 aromatic rings. The third-order valence-electron chi connectivity index (χ3n) is 6.41. The number of thiazole rings is 1. The maximum absolute atomic E-state index is 16.5. The van der Waals surface area contributed by atoms with Crippen LogP contribution in [0.15, 0.2) is 72.6 Å². The van der Waals surface area contributed by atoms with E-state index >= 15 is 4.39 Å². The fourth-order valence-corrected chi connectivity index (χ4v) is 6.85. The largest absolute Gasteiger partial charge is 0.748 e. The average Bonchev–Trinajstić information content (AvgIpc) is 3.45. The Morgan fingerprint density at radius 1 is 1.00 bits per heavy atom. The van der Waals surface area contributed by atoms with Crippen molar-refractivity contribution >= 4 is 64.9 Å². The van der Waals surface area contributed by atoms with Crippen LogP contribution in [0.4, 0.5) is 10.1 Å². The quantitative estimate of drug-likeness (QED) is 0.185. The number of aryl methyl sites for hydroxylation is 1. The lowest BCUT2D eigenvalue weighted by Gasteiger charge is -2.18. The van der Waals surface area contributed by atoms with Crippen LogP contribution in [0.25, 0.3) is 27.2 Å². The Morgan fingerprint density at radius 3 is 2.46 bits per heavy atom. The second-order valence-electron chi connectivity index (χ2n) is 9.35. The lowest BCUT2D eigenvalue weighted by atomic mass is 10.0. The van der Waals surface area contributed by atoms with E-state index in [0.29, 0.717) is 26.7 Å². The Bertz CT molecular complexity index is 1860. The zero-order valence-electron chi connectivity index (χ0n) is 21.4. The molecule has 5 rings (SSSR count). The topological polar surface area (TPSA) is 128 Å². The highest BCUT2D eigenvalue weighted by molar-refractivity contribution is 7.85. The van der Waals surface area contributed by atoms with Crippen LogP contribution in [0, 0.1) is 0 Å². The summed E-state index contributed by atoms with van der Waals surface area (Å²) in [4.78, 5) is 1.52. The Balaban J connectivity index is 1.60. The van der Waals surface area contributed by atoms with Gasteiger partial charge in [-0.25, -0.2) is 8.42 Å². The van der Waals surface area contributed by atoms with E-state index in [1.165, 1.54) is 4.90 Å². The summed E-state index contributed by atoms with van der Waals surface area (Å²) in [6, 6.07) is 19.8. The van der Waals surface area contributed by atoms with Crippen molar-refractivity contribution in [2.24, 2.45) is 0 Å². The van der Waals surface area contributed by atoms with E-state index in [0.717, 1.165) is 22.5 Å². The Labute approximate surface area is 245 Å². The third kappa shape index (κ3) is 6.88. The molecule has 0 saturated carbocycles. The molecule has 216 valence electrons. The zero-order valence-corrected chi connectivity index (χ0v) is 24.6. The third-order valence-corrected chi connectivity index (χ3v) is 9.39. The van der Waals surface area contributed by atoms with E-state index in [4.69, 9.17) is 16.3 Å². The average molecular weight is 639 g/mol. The van der Waals surface area contributed by atoms with Gasteiger partial charge in [0.1, 0.15) is 4.70 Å². The zero-order chi connectivity index (χ0) is 29.4. The van der Waals surface area contributed by atoms with Gasteiger partial charge in [-0.05, 0) is 41.8 Å². The first-order chi connectivity index (χ1) is 19.4. The van der Waals surface area contributed by atoms with Gasteiger partial charge in [-0.2, -0.15) is 17.4 Å². The highest BCUT2D eigenvalue weighted by Crippen LogP contribution is 2.44. The number of rotatable bonds is 10.